The first-order chi connectivity index (χ1) is 10.6. The van der Waals surface area contributed by atoms with Crippen LogP contribution in [0.4, 0.5) is 5.82 Å². The minimum atomic E-state index is -0.163. The lowest BCUT2D eigenvalue weighted by Gasteiger charge is -2.17. The van der Waals surface area contributed by atoms with Crippen molar-refractivity contribution >= 4 is 23.5 Å². The van der Waals surface area contributed by atoms with Crippen molar-refractivity contribution in [1.29, 1.82) is 0 Å². The number of nitrogens with zero attached hydrogens (tertiary/aromatic N) is 1. The van der Waals surface area contributed by atoms with E-state index in [2.05, 4.69) is 15.5 Å². The summed E-state index contributed by atoms with van der Waals surface area (Å²) in [5, 5.41) is 9.92. The van der Waals surface area contributed by atoms with Gasteiger partial charge in [-0.2, -0.15) is 5.10 Å². The highest BCUT2D eigenvalue weighted by Crippen LogP contribution is 2.46. The van der Waals surface area contributed by atoms with E-state index in [9.17, 15) is 4.79 Å². The van der Waals surface area contributed by atoms with Crippen LogP contribution in [0, 0.1) is 6.92 Å². The zero-order valence-corrected chi connectivity index (χ0v) is 13.0. The Morgan fingerprint density at radius 1 is 1.32 bits per heavy atom. The van der Waals surface area contributed by atoms with Gasteiger partial charge in [0.2, 0.25) is 12.7 Å². The van der Waals surface area contributed by atoms with Crippen LogP contribution in [0.2, 0.25) is 0 Å². The molecule has 2 N–H and O–H groups in total. The zero-order chi connectivity index (χ0) is 15.3. The van der Waals surface area contributed by atoms with E-state index in [1.54, 1.807) is 11.8 Å². The summed E-state index contributed by atoms with van der Waals surface area (Å²) >= 11 is 1.61. The predicted molar refractivity (Wildman–Crippen MR) is 83.4 cm³/mol. The number of hydrogen-bond acceptors (Lipinski definition) is 5. The molecule has 2 aliphatic rings. The lowest BCUT2D eigenvalue weighted by atomic mass is 10.0. The van der Waals surface area contributed by atoms with E-state index in [1.807, 2.05) is 32.0 Å². The monoisotopic (exact) mass is 317 g/mol. The van der Waals surface area contributed by atoms with Gasteiger partial charge >= 0.3 is 0 Å². The maximum Gasteiger partial charge on any atom is 0.238 e. The van der Waals surface area contributed by atoms with E-state index in [4.69, 9.17) is 9.47 Å². The molecule has 2 unspecified atom stereocenters. The standard InChI is InChI=1S/C15H15N3O3S/c1-7-12-13(9-3-4-10-11(5-9)21-6-20-10)22-8(2)15(19)16-14(12)18-17-7/h3-5,8,13H,6H2,1-2H3,(H2,16,17,18,19). The summed E-state index contributed by atoms with van der Waals surface area (Å²) < 4.78 is 10.8. The molecule has 0 fully saturated rings. The molecule has 0 saturated carbocycles. The average molecular weight is 317 g/mol. The Labute approximate surface area is 131 Å². The second kappa shape index (κ2) is 4.95. The molecule has 2 aliphatic heterocycles. The van der Waals surface area contributed by atoms with Gasteiger partial charge in [-0.05, 0) is 31.5 Å². The van der Waals surface area contributed by atoms with Gasteiger partial charge in [0, 0.05) is 11.3 Å². The Morgan fingerprint density at radius 3 is 3.00 bits per heavy atom. The third kappa shape index (κ3) is 2.04. The van der Waals surface area contributed by atoms with Crippen LogP contribution in [0.15, 0.2) is 18.2 Å². The van der Waals surface area contributed by atoms with Crippen molar-refractivity contribution in [2.24, 2.45) is 0 Å². The van der Waals surface area contributed by atoms with Gasteiger partial charge in [0.1, 0.15) is 0 Å². The van der Waals surface area contributed by atoms with Crippen LogP contribution in [0.3, 0.4) is 0 Å². The van der Waals surface area contributed by atoms with Crippen molar-refractivity contribution in [3.8, 4) is 11.5 Å². The topological polar surface area (TPSA) is 76.2 Å². The van der Waals surface area contributed by atoms with Crippen LogP contribution < -0.4 is 14.8 Å². The summed E-state index contributed by atoms with van der Waals surface area (Å²) in [6, 6.07) is 5.92. The number of H-pyrrole nitrogens is 1. The van der Waals surface area contributed by atoms with Gasteiger partial charge in [0.25, 0.3) is 0 Å². The van der Waals surface area contributed by atoms with E-state index in [0.717, 1.165) is 28.3 Å². The minimum Gasteiger partial charge on any atom is -0.454 e. The predicted octanol–water partition coefficient (Wildman–Crippen LogP) is 2.61. The summed E-state index contributed by atoms with van der Waals surface area (Å²) in [4.78, 5) is 12.1. The first-order valence-electron chi connectivity index (χ1n) is 7.04. The maximum atomic E-state index is 12.1. The highest BCUT2D eigenvalue weighted by molar-refractivity contribution is 8.01. The number of fused-ring (bicyclic) bond motifs is 2. The van der Waals surface area contributed by atoms with Gasteiger partial charge in [-0.1, -0.05) is 6.07 Å². The van der Waals surface area contributed by atoms with E-state index in [0.29, 0.717) is 5.82 Å². The number of benzene rings is 1. The van der Waals surface area contributed by atoms with Crippen LogP contribution in [-0.4, -0.2) is 28.1 Å². The first kappa shape index (κ1) is 13.5. The van der Waals surface area contributed by atoms with Crippen molar-refractivity contribution in [3.63, 3.8) is 0 Å². The number of carbonyl (C=O) groups excluding carboxylic acids is 1. The van der Waals surface area contributed by atoms with E-state index in [1.165, 1.54) is 0 Å². The largest absolute Gasteiger partial charge is 0.454 e. The summed E-state index contributed by atoms with van der Waals surface area (Å²) in [5.41, 5.74) is 3.05. The highest BCUT2D eigenvalue weighted by atomic mass is 32.2. The van der Waals surface area contributed by atoms with Gasteiger partial charge in [-0.25, -0.2) is 0 Å². The number of aromatic amines is 1. The number of anilines is 1. The van der Waals surface area contributed by atoms with Crippen molar-refractivity contribution < 1.29 is 14.3 Å². The number of aromatic nitrogens is 2. The van der Waals surface area contributed by atoms with Crippen LogP contribution >= 0.6 is 11.8 Å². The normalized spacial score (nSPS) is 22.9. The Morgan fingerprint density at radius 2 is 2.14 bits per heavy atom. The van der Waals surface area contributed by atoms with Crippen LogP contribution in [0.5, 0.6) is 11.5 Å². The fourth-order valence-corrected chi connectivity index (χ4v) is 4.05. The summed E-state index contributed by atoms with van der Waals surface area (Å²) in [7, 11) is 0. The summed E-state index contributed by atoms with van der Waals surface area (Å²) in [6.45, 7) is 4.13. The number of hydrogen-bond donors (Lipinski definition) is 2. The second-order valence-corrected chi connectivity index (χ2v) is 6.82. The van der Waals surface area contributed by atoms with Crippen molar-refractivity contribution in [1.82, 2.24) is 10.2 Å². The SMILES string of the molecule is Cc1[nH]nc2c1C(c1ccc3c(c1)OCO3)SC(C)C(=O)N2. The Bertz CT molecular complexity index is 758. The first-order valence-corrected chi connectivity index (χ1v) is 7.98. The Balaban J connectivity index is 1.82. The van der Waals surface area contributed by atoms with Gasteiger partial charge in [0.05, 0.1) is 10.5 Å². The molecule has 2 atom stereocenters. The number of carbonyl (C=O) groups is 1. The van der Waals surface area contributed by atoms with Gasteiger partial charge in [0.15, 0.2) is 17.3 Å². The molecule has 22 heavy (non-hydrogen) atoms. The summed E-state index contributed by atoms with van der Waals surface area (Å²) in [5.74, 6) is 2.09. The molecule has 1 aromatic carbocycles. The molecule has 0 bridgehead atoms. The second-order valence-electron chi connectivity index (χ2n) is 5.37. The average Bonchev–Trinajstić information content (AvgIpc) is 3.08. The van der Waals surface area contributed by atoms with Gasteiger partial charge in [-0.3, -0.25) is 9.89 Å². The minimum absolute atomic E-state index is 0.0113. The van der Waals surface area contributed by atoms with Crippen LogP contribution in [-0.2, 0) is 4.79 Å². The number of aryl methyl sites for hydroxylation is 1. The molecule has 0 aliphatic carbocycles. The number of thioether (sulfide) groups is 1. The van der Waals surface area contributed by atoms with Crippen LogP contribution in [0.1, 0.15) is 29.0 Å². The molecule has 3 heterocycles. The Kier molecular flexibility index (Phi) is 3.04. The van der Waals surface area contributed by atoms with E-state index >= 15 is 0 Å². The molecule has 6 nitrogen and oxygen atoms in total. The van der Waals surface area contributed by atoms with Crippen molar-refractivity contribution in [2.45, 2.75) is 24.3 Å². The zero-order valence-electron chi connectivity index (χ0n) is 12.2. The molecule has 4 rings (SSSR count). The molecular weight excluding hydrogens is 302 g/mol. The van der Waals surface area contributed by atoms with E-state index < -0.39 is 0 Å². The molecule has 1 amide bonds. The number of amides is 1. The smallest absolute Gasteiger partial charge is 0.238 e. The molecular formula is C15H15N3O3S. The molecule has 2 aromatic rings. The lowest BCUT2D eigenvalue weighted by molar-refractivity contribution is -0.115. The van der Waals surface area contributed by atoms with Gasteiger partial charge < -0.3 is 14.8 Å². The Hall–Kier alpha value is -2.15. The number of ether oxygens (including phenoxy) is 2. The van der Waals surface area contributed by atoms with E-state index in [-0.39, 0.29) is 23.2 Å². The molecule has 0 spiro atoms. The number of rotatable bonds is 1. The highest BCUT2D eigenvalue weighted by Gasteiger charge is 2.32. The third-order valence-corrected chi connectivity index (χ3v) is 5.31. The van der Waals surface area contributed by atoms with Crippen molar-refractivity contribution in [2.75, 3.05) is 12.1 Å². The van der Waals surface area contributed by atoms with Crippen LogP contribution in [0.25, 0.3) is 0 Å². The molecule has 0 radical (unpaired) electrons. The number of nitrogens with one attached hydrogen (secondary N) is 2. The third-order valence-electron chi connectivity index (χ3n) is 3.91. The fourth-order valence-electron chi connectivity index (χ4n) is 2.73. The lowest BCUT2D eigenvalue weighted by Crippen LogP contribution is -2.21. The summed E-state index contributed by atoms with van der Waals surface area (Å²) in [6.07, 6.45) is 0. The van der Waals surface area contributed by atoms with Gasteiger partial charge in [-0.15, -0.1) is 11.8 Å². The fraction of sp³-hybridized carbons (Fsp3) is 0.333. The quantitative estimate of drug-likeness (QED) is 0.845. The molecule has 1 aromatic heterocycles. The molecule has 114 valence electrons. The van der Waals surface area contributed by atoms with Crippen molar-refractivity contribution in [3.05, 3.63) is 35.0 Å². The molecule has 7 heteroatoms. The molecule has 0 saturated heterocycles. The maximum absolute atomic E-state index is 12.1.